The van der Waals surface area contributed by atoms with Crippen LogP contribution < -0.4 is 10.6 Å². The maximum Gasteiger partial charge on any atom is 0.135 e. The van der Waals surface area contributed by atoms with E-state index in [2.05, 4.69) is 22.8 Å². The number of hydrogen-bond acceptors (Lipinski definition) is 5. The number of rotatable bonds is 5. The largest absolute Gasteiger partial charge is 0.395 e. The lowest BCUT2D eigenvalue weighted by Gasteiger charge is -2.14. The smallest absolute Gasteiger partial charge is 0.135 e. The molecule has 0 atom stereocenters. The van der Waals surface area contributed by atoms with Crippen molar-refractivity contribution < 1.29 is 5.11 Å². The van der Waals surface area contributed by atoms with E-state index in [9.17, 15) is 0 Å². The van der Waals surface area contributed by atoms with Crippen molar-refractivity contribution in [1.82, 2.24) is 15.3 Å². The number of anilines is 1. The first-order valence-corrected chi connectivity index (χ1v) is 7.85. The molecule has 0 fully saturated rings. The predicted molar refractivity (Wildman–Crippen MR) is 94.4 cm³/mol. The van der Waals surface area contributed by atoms with E-state index in [1.807, 2.05) is 18.2 Å². The third-order valence-electron chi connectivity index (χ3n) is 3.84. The van der Waals surface area contributed by atoms with Crippen molar-refractivity contribution in [2.45, 2.75) is 19.3 Å². The van der Waals surface area contributed by atoms with Crippen molar-refractivity contribution in [3.05, 3.63) is 53.0 Å². The Morgan fingerprint density at radius 1 is 1.09 bits per heavy atom. The molecule has 5 nitrogen and oxygen atoms in total. The molecular weight excluding hydrogens is 312 g/mol. The Morgan fingerprint density at radius 2 is 1.87 bits per heavy atom. The Balaban J connectivity index is 0.00000192. The van der Waals surface area contributed by atoms with Crippen molar-refractivity contribution >= 4 is 18.2 Å². The Hall–Kier alpha value is -1.69. The second-order valence-electron chi connectivity index (χ2n) is 5.48. The van der Waals surface area contributed by atoms with Crippen molar-refractivity contribution in [2.24, 2.45) is 0 Å². The Kier molecular flexibility index (Phi) is 6.77. The Bertz CT molecular complexity index is 621. The maximum absolute atomic E-state index is 9.07. The van der Waals surface area contributed by atoms with Crippen LogP contribution in [0, 0.1) is 0 Å². The molecule has 0 bridgehead atoms. The molecule has 0 unspecified atom stereocenters. The molecule has 1 aromatic heterocycles. The number of benzene rings is 1. The first-order valence-electron chi connectivity index (χ1n) is 7.85. The molecule has 1 aliphatic heterocycles. The lowest BCUT2D eigenvalue weighted by molar-refractivity contribution is 0.311. The van der Waals surface area contributed by atoms with Gasteiger partial charge in [-0.3, -0.25) is 0 Å². The molecule has 0 radical (unpaired) electrons. The second kappa shape index (κ2) is 8.82. The summed E-state index contributed by atoms with van der Waals surface area (Å²) in [6, 6.07) is 10.3. The average Bonchev–Trinajstić information content (AvgIpc) is 2.79. The summed E-state index contributed by atoms with van der Waals surface area (Å²) in [6.45, 7) is 2.52. The molecule has 0 saturated carbocycles. The van der Waals surface area contributed by atoms with E-state index in [4.69, 9.17) is 15.1 Å². The van der Waals surface area contributed by atoms with Crippen LogP contribution in [0.1, 0.15) is 22.6 Å². The van der Waals surface area contributed by atoms with Gasteiger partial charge in [-0.05, 0) is 18.5 Å². The SMILES string of the molecule is Cl.OCCNc1nc(Cc2ccccc2)nc2c1CCNCC2. The molecule has 3 N–H and O–H groups in total. The summed E-state index contributed by atoms with van der Waals surface area (Å²) in [6.07, 6.45) is 2.58. The van der Waals surface area contributed by atoms with Gasteiger partial charge in [0, 0.05) is 31.5 Å². The van der Waals surface area contributed by atoms with Gasteiger partial charge in [-0.25, -0.2) is 9.97 Å². The molecule has 0 aliphatic carbocycles. The number of fused-ring (bicyclic) bond motifs is 1. The van der Waals surface area contributed by atoms with Gasteiger partial charge in [0.15, 0.2) is 0 Å². The van der Waals surface area contributed by atoms with Crippen LogP contribution >= 0.6 is 12.4 Å². The summed E-state index contributed by atoms with van der Waals surface area (Å²) in [5.74, 6) is 1.72. The molecule has 1 aliphatic rings. The lowest BCUT2D eigenvalue weighted by Crippen LogP contribution is -2.16. The molecule has 1 aromatic carbocycles. The predicted octanol–water partition coefficient (Wildman–Crippen LogP) is 1.58. The zero-order valence-corrected chi connectivity index (χ0v) is 13.9. The van der Waals surface area contributed by atoms with E-state index in [1.54, 1.807) is 0 Å². The minimum Gasteiger partial charge on any atom is -0.395 e. The van der Waals surface area contributed by atoms with Crippen LogP contribution in [0.4, 0.5) is 5.82 Å². The van der Waals surface area contributed by atoms with E-state index in [0.717, 1.165) is 49.7 Å². The van der Waals surface area contributed by atoms with Crippen LogP contribution in [0.3, 0.4) is 0 Å². The molecule has 23 heavy (non-hydrogen) atoms. The maximum atomic E-state index is 9.07. The number of halogens is 1. The van der Waals surface area contributed by atoms with Gasteiger partial charge in [0.25, 0.3) is 0 Å². The van der Waals surface area contributed by atoms with Gasteiger partial charge in [0.05, 0.1) is 12.3 Å². The van der Waals surface area contributed by atoms with Gasteiger partial charge in [0.2, 0.25) is 0 Å². The molecule has 2 aromatic rings. The van der Waals surface area contributed by atoms with Crippen LogP contribution in [0.5, 0.6) is 0 Å². The van der Waals surface area contributed by atoms with Crippen LogP contribution in [-0.4, -0.2) is 41.3 Å². The van der Waals surface area contributed by atoms with Crippen LogP contribution in [0.15, 0.2) is 30.3 Å². The third-order valence-corrected chi connectivity index (χ3v) is 3.84. The van der Waals surface area contributed by atoms with Gasteiger partial charge >= 0.3 is 0 Å². The molecule has 0 amide bonds. The summed E-state index contributed by atoms with van der Waals surface area (Å²) >= 11 is 0. The van der Waals surface area contributed by atoms with Crippen LogP contribution in [0.2, 0.25) is 0 Å². The lowest BCUT2D eigenvalue weighted by atomic mass is 10.1. The van der Waals surface area contributed by atoms with E-state index in [0.29, 0.717) is 6.54 Å². The molecule has 6 heteroatoms. The minimum atomic E-state index is 0. The number of aliphatic hydroxyl groups is 1. The highest BCUT2D eigenvalue weighted by Crippen LogP contribution is 2.20. The van der Waals surface area contributed by atoms with Gasteiger partial charge in [-0.15, -0.1) is 12.4 Å². The second-order valence-corrected chi connectivity index (χ2v) is 5.48. The van der Waals surface area contributed by atoms with Crippen molar-refractivity contribution in [3.63, 3.8) is 0 Å². The summed E-state index contributed by atoms with van der Waals surface area (Å²) in [5, 5.41) is 15.7. The monoisotopic (exact) mass is 334 g/mol. The summed E-state index contributed by atoms with van der Waals surface area (Å²) < 4.78 is 0. The molecular formula is C17H23ClN4O. The molecule has 3 rings (SSSR count). The van der Waals surface area contributed by atoms with Crippen molar-refractivity contribution in [1.29, 1.82) is 0 Å². The Labute approximate surface area is 143 Å². The standard InChI is InChI=1S/C17H22N4O.ClH/c22-11-10-19-17-14-6-8-18-9-7-15(14)20-16(21-17)12-13-4-2-1-3-5-13;/h1-5,18,22H,6-12H2,(H,19,20,21);1H. The average molecular weight is 335 g/mol. The number of nitrogens with one attached hydrogen (secondary N) is 2. The van der Waals surface area contributed by atoms with E-state index in [1.165, 1.54) is 11.1 Å². The topological polar surface area (TPSA) is 70.1 Å². The molecule has 2 heterocycles. The zero-order valence-electron chi connectivity index (χ0n) is 13.1. The molecule has 0 saturated heterocycles. The first kappa shape index (κ1) is 17.7. The van der Waals surface area contributed by atoms with E-state index < -0.39 is 0 Å². The number of aliphatic hydroxyl groups excluding tert-OH is 1. The van der Waals surface area contributed by atoms with E-state index in [-0.39, 0.29) is 19.0 Å². The van der Waals surface area contributed by atoms with Gasteiger partial charge in [-0.2, -0.15) is 0 Å². The highest BCUT2D eigenvalue weighted by molar-refractivity contribution is 5.85. The fourth-order valence-electron chi connectivity index (χ4n) is 2.77. The number of hydrogen-bond donors (Lipinski definition) is 3. The number of nitrogens with zero attached hydrogens (tertiary/aromatic N) is 2. The highest BCUT2D eigenvalue weighted by Gasteiger charge is 2.16. The number of aromatic nitrogens is 2. The normalized spacial score (nSPS) is 13.6. The minimum absolute atomic E-state index is 0. The third kappa shape index (κ3) is 4.64. The molecule has 124 valence electrons. The van der Waals surface area contributed by atoms with Crippen molar-refractivity contribution in [3.8, 4) is 0 Å². The Morgan fingerprint density at radius 3 is 2.65 bits per heavy atom. The first-order chi connectivity index (χ1) is 10.9. The van der Waals surface area contributed by atoms with Crippen molar-refractivity contribution in [2.75, 3.05) is 31.6 Å². The zero-order chi connectivity index (χ0) is 15.2. The highest BCUT2D eigenvalue weighted by atomic mass is 35.5. The quantitative estimate of drug-likeness (QED) is 0.774. The van der Waals surface area contributed by atoms with E-state index >= 15 is 0 Å². The van der Waals surface area contributed by atoms with Gasteiger partial charge in [-0.1, -0.05) is 30.3 Å². The summed E-state index contributed by atoms with van der Waals surface area (Å²) in [4.78, 5) is 9.48. The van der Waals surface area contributed by atoms with Gasteiger partial charge in [0.1, 0.15) is 11.6 Å². The fourth-order valence-corrected chi connectivity index (χ4v) is 2.77. The van der Waals surface area contributed by atoms with Crippen LogP contribution in [-0.2, 0) is 19.3 Å². The fraction of sp³-hybridized carbons (Fsp3) is 0.412. The van der Waals surface area contributed by atoms with Crippen LogP contribution in [0.25, 0.3) is 0 Å². The summed E-state index contributed by atoms with van der Waals surface area (Å²) in [5.41, 5.74) is 3.53. The summed E-state index contributed by atoms with van der Waals surface area (Å²) in [7, 11) is 0. The van der Waals surface area contributed by atoms with Gasteiger partial charge < -0.3 is 15.7 Å². The molecule has 0 spiro atoms.